The number of hydrogen-bond donors (Lipinski definition) is 1. The van der Waals surface area contributed by atoms with Crippen molar-refractivity contribution in [2.45, 2.75) is 58.6 Å². The second kappa shape index (κ2) is 10.4. The van der Waals surface area contributed by atoms with Crippen molar-refractivity contribution in [3.8, 4) is 11.5 Å². The molecule has 1 saturated carbocycles. The molecule has 0 aromatic heterocycles. The molecule has 0 bridgehead atoms. The average Bonchev–Trinajstić information content (AvgIpc) is 2.76. The summed E-state index contributed by atoms with van der Waals surface area (Å²) in [6.45, 7) is 5.92. The summed E-state index contributed by atoms with van der Waals surface area (Å²) in [4.78, 5) is 23.0. The third kappa shape index (κ3) is 7.30. The molecule has 0 radical (unpaired) electrons. The fraction of sp³-hybridized carbons (Fsp3) is 0.435. The van der Waals surface area contributed by atoms with Crippen LogP contribution in [0, 0.1) is 15.5 Å². The fourth-order valence-electron chi connectivity index (χ4n) is 3.51. The van der Waals surface area contributed by atoms with Crippen molar-refractivity contribution >= 4 is 19.4 Å². The summed E-state index contributed by atoms with van der Waals surface area (Å²) in [5.74, 6) is -0.198. The quantitative estimate of drug-likeness (QED) is 0.214. The second-order valence-corrected chi connectivity index (χ2v) is 10.5. The number of benzene rings is 2. The van der Waals surface area contributed by atoms with E-state index in [0.717, 1.165) is 25.7 Å². The Labute approximate surface area is 193 Å². The van der Waals surface area contributed by atoms with Gasteiger partial charge in [0.2, 0.25) is 0 Å². The van der Waals surface area contributed by atoms with Crippen molar-refractivity contribution in [2.24, 2.45) is 5.41 Å². The predicted octanol–water partition coefficient (Wildman–Crippen LogP) is 5.65. The van der Waals surface area contributed by atoms with Gasteiger partial charge in [-0.3, -0.25) is 14.9 Å². The molecule has 9 nitrogen and oxygen atoms in total. The molecule has 2 atom stereocenters. The Kier molecular flexibility index (Phi) is 7.76. The zero-order chi connectivity index (χ0) is 24.1. The van der Waals surface area contributed by atoms with Gasteiger partial charge in [-0.15, -0.1) is 0 Å². The van der Waals surface area contributed by atoms with E-state index in [9.17, 15) is 19.5 Å². The highest BCUT2D eigenvalue weighted by molar-refractivity contribution is 7.52. The lowest BCUT2D eigenvalue weighted by Gasteiger charge is -2.34. The van der Waals surface area contributed by atoms with Crippen LogP contribution < -0.4 is 14.1 Å². The molecule has 178 valence electrons. The first-order valence-electron chi connectivity index (χ1n) is 10.8. The normalized spacial score (nSPS) is 18.5. The smallest absolute Gasteiger partial charge is 0.461 e. The van der Waals surface area contributed by atoms with E-state index in [1.165, 1.54) is 31.2 Å². The van der Waals surface area contributed by atoms with Crippen LogP contribution in [0.25, 0.3) is 0 Å². The van der Waals surface area contributed by atoms with E-state index in [0.29, 0.717) is 0 Å². The first-order valence-corrected chi connectivity index (χ1v) is 12.4. The Morgan fingerprint density at radius 1 is 1.06 bits per heavy atom. The SMILES string of the molecule is CC(NP(=O)(Oc1ccccc1)Oc1ccc([N+](=O)[O-])cc1)C(=O)OC1CCC(C)(C)CC1. The number of rotatable bonds is 9. The molecule has 1 fully saturated rings. The van der Waals surface area contributed by atoms with Crippen LogP contribution in [0.4, 0.5) is 5.69 Å². The number of nitro groups is 1. The maximum atomic E-state index is 13.6. The Morgan fingerprint density at radius 2 is 1.61 bits per heavy atom. The molecule has 2 aromatic rings. The van der Waals surface area contributed by atoms with Gasteiger partial charge in [0.15, 0.2) is 0 Å². The van der Waals surface area contributed by atoms with Gasteiger partial charge in [0.25, 0.3) is 5.69 Å². The van der Waals surface area contributed by atoms with E-state index in [1.807, 2.05) is 0 Å². The van der Waals surface area contributed by atoms with Crippen LogP contribution in [-0.2, 0) is 14.1 Å². The summed E-state index contributed by atoms with van der Waals surface area (Å²) in [6.07, 6.45) is 3.31. The molecule has 0 aliphatic heterocycles. The summed E-state index contributed by atoms with van der Waals surface area (Å²) in [7, 11) is -4.11. The second-order valence-electron chi connectivity index (χ2n) is 8.90. The van der Waals surface area contributed by atoms with Crippen LogP contribution in [0.15, 0.2) is 54.6 Å². The van der Waals surface area contributed by atoms with Gasteiger partial charge in [-0.2, -0.15) is 5.09 Å². The minimum atomic E-state index is -4.11. The van der Waals surface area contributed by atoms with E-state index in [1.54, 1.807) is 30.3 Å². The maximum absolute atomic E-state index is 13.6. The standard InChI is InChI=1S/C23H29N2O7P/c1-17(22(26)30-19-13-15-23(2,3)16-14-19)24-33(29,31-20-7-5-4-6-8-20)32-21-11-9-18(10-12-21)25(27)28/h4-12,17,19H,13-16H2,1-3H3,(H,24,29). The van der Waals surface area contributed by atoms with Crippen molar-refractivity contribution in [3.63, 3.8) is 0 Å². The summed E-state index contributed by atoms with van der Waals surface area (Å²) < 4.78 is 30.4. The summed E-state index contributed by atoms with van der Waals surface area (Å²) in [5.41, 5.74) is 0.103. The Balaban J connectivity index is 1.71. The summed E-state index contributed by atoms with van der Waals surface area (Å²) in [6, 6.07) is 12.5. The molecular weight excluding hydrogens is 447 g/mol. The molecule has 2 aromatic carbocycles. The zero-order valence-corrected chi connectivity index (χ0v) is 19.8. The Bertz CT molecular complexity index is 1000. The van der Waals surface area contributed by atoms with Crippen molar-refractivity contribution in [1.29, 1.82) is 0 Å². The number of hydrogen-bond acceptors (Lipinski definition) is 7. The van der Waals surface area contributed by atoms with Crippen molar-refractivity contribution < 1.29 is 28.1 Å². The zero-order valence-electron chi connectivity index (χ0n) is 18.9. The van der Waals surface area contributed by atoms with E-state index >= 15 is 0 Å². The first-order chi connectivity index (χ1) is 15.6. The van der Waals surface area contributed by atoms with Crippen LogP contribution in [0.1, 0.15) is 46.5 Å². The van der Waals surface area contributed by atoms with Gasteiger partial charge in [-0.25, -0.2) is 4.57 Å². The van der Waals surface area contributed by atoms with Crippen molar-refractivity contribution in [1.82, 2.24) is 5.09 Å². The molecule has 0 spiro atoms. The van der Waals surface area contributed by atoms with Crippen LogP contribution in [0.2, 0.25) is 0 Å². The Hall–Kier alpha value is -2.90. The summed E-state index contributed by atoms with van der Waals surface area (Å²) >= 11 is 0. The van der Waals surface area contributed by atoms with Gasteiger partial charge in [0.1, 0.15) is 23.6 Å². The molecule has 1 aliphatic rings. The number of para-hydroxylation sites is 1. The molecular formula is C23H29N2O7P. The average molecular weight is 476 g/mol. The lowest BCUT2D eigenvalue weighted by atomic mass is 9.76. The van der Waals surface area contributed by atoms with E-state index in [-0.39, 0.29) is 28.7 Å². The van der Waals surface area contributed by atoms with Gasteiger partial charge in [-0.1, -0.05) is 32.0 Å². The minimum absolute atomic E-state index is 0.0856. The van der Waals surface area contributed by atoms with E-state index in [2.05, 4.69) is 18.9 Å². The predicted molar refractivity (Wildman–Crippen MR) is 123 cm³/mol. The highest BCUT2D eigenvalue weighted by Crippen LogP contribution is 2.45. The summed E-state index contributed by atoms with van der Waals surface area (Å²) in [5, 5.41) is 13.5. The van der Waals surface area contributed by atoms with E-state index < -0.39 is 24.7 Å². The molecule has 33 heavy (non-hydrogen) atoms. The van der Waals surface area contributed by atoms with Gasteiger partial charge >= 0.3 is 13.7 Å². The number of ether oxygens (including phenoxy) is 1. The molecule has 1 aliphatic carbocycles. The third-order valence-electron chi connectivity index (χ3n) is 5.52. The number of esters is 1. The van der Waals surface area contributed by atoms with Gasteiger partial charge in [-0.05, 0) is 62.3 Å². The molecule has 3 rings (SSSR count). The number of carbonyl (C=O) groups excluding carboxylic acids is 1. The number of nitrogens with zero attached hydrogens (tertiary/aromatic N) is 1. The van der Waals surface area contributed by atoms with Gasteiger partial charge in [0.05, 0.1) is 4.92 Å². The number of carbonyl (C=O) groups is 1. The van der Waals surface area contributed by atoms with Gasteiger partial charge < -0.3 is 13.8 Å². The highest BCUT2D eigenvalue weighted by Gasteiger charge is 2.35. The van der Waals surface area contributed by atoms with Crippen molar-refractivity contribution in [2.75, 3.05) is 0 Å². The highest BCUT2D eigenvalue weighted by atomic mass is 31.2. The monoisotopic (exact) mass is 476 g/mol. The molecule has 0 amide bonds. The topological polar surface area (TPSA) is 117 Å². The van der Waals surface area contributed by atoms with Crippen LogP contribution in [0.5, 0.6) is 11.5 Å². The van der Waals surface area contributed by atoms with Gasteiger partial charge in [0, 0.05) is 12.1 Å². The minimum Gasteiger partial charge on any atom is -0.461 e. The van der Waals surface area contributed by atoms with Crippen LogP contribution in [-0.4, -0.2) is 23.0 Å². The number of non-ortho nitro benzene ring substituents is 1. The third-order valence-corrected chi connectivity index (χ3v) is 7.12. The van der Waals surface area contributed by atoms with Crippen LogP contribution >= 0.6 is 7.75 Å². The molecule has 10 heteroatoms. The lowest BCUT2D eigenvalue weighted by Crippen LogP contribution is -2.38. The van der Waals surface area contributed by atoms with Crippen LogP contribution in [0.3, 0.4) is 0 Å². The largest absolute Gasteiger partial charge is 0.513 e. The lowest BCUT2D eigenvalue weighted by molar-refractivity contribution is -0.384. The van der Waals surface area contributed by atoms with E-state index in [4.69, 9.17) is 13.8 Å². The molecule has 1 N–H and O–H groups in total. The fourth-order valence-corrected chi connectivity index (χ4v) is 5.03. The molecule has 0 saturated heterocycles. The number of nitro benzene ring substituents is 1. The number of nitrogens with one attached hydrogen (secondary N) is 1. The Morgan fingerprint density at radius 3 is 2.15 bits per heavy atom. The first kappa shape index (κ1) is 24.7. The maximum Gasteiger partial charge on any atom is 0.513 e. The molecule has 0 heterocycles. The molecule has 2 unspecified atom stereocenters. The van der Waals surface area contributed by atoms with Crippen molar-refractivity contribution in [3.05, 3.63) is 64.7 Å².